The van der Waals surface area contributed by atoms with Gasteiger partial charge in [0.1, 0.15) is 41.7 Å². The highest BCUT2D eigenvalue weighted by Gasteiger charge is 2.57. The number of methoxy groups -OCH3 is 2. The monoisotopic (exact) mass is 444 g/mol. The van der Waals surface area contributed by atoms with Gasteiger partial charge in [0.2, 0.25) is 5.78 Å². The molecule has 170 valence electrons. The van der Waals surface area contributed by atoms with E-state index >= 15 is 0 Å². The van der Waals surface area contributed by atoms with Gasteiger partial charge in [0.15, 0.2) is 23.2 Å². The molecule has 5 rings (SSSR count). The summed E-state index contributed by atoms with van der Waals surface area (Å²) in [6.07, 6.45) is -3.69. The normalized spacial score (nSPS) is 29.2. The molecule has 0 saturated heterocycles. The molecule has 4 atom stereocenters. The predicted molar refractivity (Wildman–Crippen MR) is 110 cm³/mol. The van der Waals surface area contributed by atoms with Crippen molar-refractivity contribution in [3.05, 3.63) is 41.0 Å². The van der Waals surface area contributed by atoms with Crippen LogP contribution in [0.3, 0.4) is 0 Å². The number of ether oxygens (including phenoxy) is 5. The molecule has 0 bridgehead atoms. The first kappa shape index (κ1) is 20.9. The van der Waals surface area contributed by atoms with Crippen LogP contribution >= 0.6 is 0 Å². The number of fused-ring (bicyclic) bond motifs is 6. The predicted octanol–water partition coefficient (Wildman–Crippen LogP) is 1.49. The van der Waals surface area contributed by atoms with Gasteiger partial charge in [0.25, 0.3) is 0 Å². The number of ketones is 1. The number of hydrogen-bond acceptors (Lipinski definition) is 9. The van der Waals surface area contributed by atoms with E-state index in [1.165, 1.54) is 32.4 Å². The zero-order valence-corrected chi connectivity index (χ0v) is 18.0. The minimum atomic E-state index is -2.05. The van der Waals surface area contributed by atoms with Gasteiger partial charge in [-0.3, -0.25) is 4.79 Å². The van der Waals surface area contributed by atoms with Crippen LogP contribution < -0.4 is 23.7 Å². The first-order valence-electron chi connectivity index (χ1n) is 10.2. The van der Waals surface area contributed by atoms with E-state index in [-0.39, 0.29) is 34.8 Å². The minimum Gasteiger partial charge on any atom is -0.493 e. The van der Waals surface area contributed by atoms with Gasteiger partial charge >= 0.3 is 0 Å². The van der Waals surface area contributed by atoms with Crippen LogP contribution in [0.15, 0.2) is 24.3 Å². The molecule has 0 aliphatic carbocycles. The Labute approximate surface area is 184 Å². The average Bonchev–Trinajstić information content (AvgIpc) is 2.77. The van der Waals surface area contributed by atoms with Crippen LogP contribution in [0.2, 0.25) is 0 Å². The first-order valence-corrected chi connectivity index (χ1v) is 10.2. The fourth-order valence-corrected chi connectivity index (χ4v) is 4.61. The van der Waals surface area contributed by atoms with Gasteiger partial charge in [0.05, 0.1) is 25.3 Å². The van der Waals surface area contributed by atoms with E-state index in [1.54, 1.807) is 19.9 Å². The van der Waals surface area contributed by atoms with Crippen molar-refractivity contribution >= 4 is 5.78 Å². The zero-order chi connectivity index (χ0) is 23.0. The number of carbonyl (C=O) groups is 1. The average molecular weight is 444 g/mol. The van der Waals surface area contributed by atoms with Crippen LogP contribution in [-0.2, 0) is 5.60 Å². The summed E-state index contributed by atoms with van der Waals surface area (Å²) in [4.78, 5) is 13.6. The molecule has 0 amide bonds. The van der Waals surface area contributed by atoms with Gasteiger partial charge < -0.3 is 39.0 Å². The molecule has 9 nitrogen and oxygen atoms in total. The van der Waals surface area contributed by atoms with Gasteiger partial charge in [-0.1, -0.05) is 0 Å². The summed E-state index contributed by atoms with van der Waals surface area (Å²) in [5.41, 5.74) is -2.66. The van der Waals surface area contributed by atoms with E-state index in [0.29, 0.717) is 17.2 Å². The fourth-order valence-electron chi connectivity index (χ4n) is 4.61. The topological polar surface area (TPSA) is 124 Å². The third kappa shape index (κ3) is 2.58. The van der Waals surface area contributed by atoms with Crippen molar-refractivity contribution in [1.82, 2.24) is 0 Å². The molecule has 0 spiro atoms. The summed E-state index contributed by atoms with van der Waals surface area (Å²) in [5.74, 6) is 0.742. The van der Waals surface area contributed by atoms with Crippen molar-refractivity contribution in [2.24, 2.45) is 0 Å². The van der Waals surface area contributed by atoms with Crippen molar-refractivity contribution in [2.75, 3.05) is 20.8 Å². The van der Waals surface area contributed by atoms with E-state index in [1.807, 2.05) is 0 Å². The second kappa shape index (κ2) is 6.74. The third-order valence-corrected chi connectivity index (χ3v) is 6.44. The Morgan fingerprint density at radius 1 is 1.06 bits per heavy atom. The molecule has 0 radical (unpaired) electrons. The highest BCUT2D eigenvalue weighted by Crippen LogP contribution is 2.53. The first-order chi connectivity index (χ1) is 15.1. The summed E-state index contributed by atoms with van der Waals surface area (Å²) in [5, 5.41) is 33.0. The molecule has 3 aliphatic heterocycles. The van der Waals surface area contributed by atoms with Crippen molar-refractivity contribution in [1.29, 1.82) is 0 Å². The molecule has 0 fully saturated rings. The molecule has 2 aromatic carbocycles. The Kier molecular flexibility index (Phi) is 4.40. The lowest BCUT2D eigenvalue weighted by molar-refractivity contribution is -0.116. The Balaban J connectivity index is 1.67. The number of carbonyl (C=O) groups excluding carboxylic acids is 1. The summed E-state index contributed by atoms with van der Waals surface area (Å²) in [6, 6.07) is 6.06. The van der Waals surface area contributed by atoms with Crippen LogP contribution in [0.25, 0.3) is 0 Å². The smallest absolute Gasteiger partial charge is 0.206 e. The summed E-state index contributed by atoms with van der Waals surface area (Å²) in [7, 11) is 2.92. The number of benzene rings is 2. The number of hydrogen-bond donors (Lipinski definition) is 3. The Morgan fingerprint density at radius 2 is 1.75 bits per heavy atom. The molecule has 0 aromatic heterocycles. The largest absolute Gasteiger partial charge is 0.493 e. The maximum atomic E-state index is 13.6. The molecule has 9 heteroatoms. The van der Waals surface area contributed by atoms with E-state index in [9.17, 15) is 20.1 Å². The summed E-state index contributed by atoms with van der Waals surface area (Å²) in [6.45, 7) is 3.18. The lowest BCUT2D eigenvalue weighted by Crippen LogP contribution is -2.58. The van der Waals surface area contributed by atoms with Gasteiger partial charge in [-0.25, -0.2) is 0 Å². The Bertz CT molecular complexity index is 1120. The second-order valence-corrected chi connectivity index (χ2v) is 8.67. The number of aliphatic hydroxyl groups excluding tert-OH is 2. The highest BCUT2D eigenvalue weighted by molar-refractivity contribution is 6.07. The minimum absolute atomic E-state index is 0.0664. The van der Waals surface area contributed by atoms with E-state index in [0.717, 1.165) is 0 Å². The van der Waals surface area contributed by atoms with E-state index in [4.69, 9.17) is 23.7 Å². The van der Waals surface area contributed by atoms with E-state index in [2.05, 4.69) is 0 Å². The molecular weight excluding hydrogens is 420 g/mol. The van der Waals surface area contributed by atoms with Gasteiger partial charge in [0, 0.05) is 11.6 Å². The number of rotatable bonds is 2. The zero-order valence-electron chi connectivity index (χ0n) is 18.0. The molecular formula is C23H24O9. The standard InChI is InChI=1S/C23H24O9/c1-22(2)21(26)18(24)17-12(32-22)6-5-10-19(17)31-16-9-30-13-8-15(29-4)14(28-3)7-11(13)23(16,27)20(10)25/h5-8,16,18,21,24,26-27H,9H2,1-4H3/t16-,18-,21+,23-/m1/s1. The number of Topliss-reactive ketones (excluding diaryl/α,β-unsaturated/α-hetero) is 1. The maximum Gasteiger partial charge on any atom is 0.206 e. The van der Waals surface area contributed by atoms with Crippen LogP contribution in [0, 0.1) is 0 Å². The van der Waals surface area contributed by atoms with Crippen molar-refractivity contribution < 1.29 is 43.8 Å². The van der Waals surface area contributed by atoms with Crippen LogP contribution in [0.5, 0.6) is 28.7 Å². The third-order valence-electron chi connectivity index (χ3n) is 6.44. The fraction of sp³-hybridized carbons (Fsp3) is 0.435. The van der Waals surface area contributed by atoms with Gasteiger partial charge in [-0.2, -0.15) is 0 Å². The van der Waals surface area contributed by atoms with Crippen LogP contribution in [0.4, 0.5) is 0 Å². The van der Waals surface area contributed by atoms with Crippen molar-refractivity contribution in [3.63, 3.8) is 0 Å². The molecule has 2 aromatic rings. The number of aliphatic hydroxyl groups is 3. The quantitative estimate of drug-likeness (QED) is 0.632. The van der Waals surface area contributed by atoms with Crippen LogP contribution in [-0.4, -0.2) is 59.7 Å². The molecule has 3 aliphatic rings. The Hall–Kier alpha value is -3.01. The second-order valence-electron chi connectivity index (χ2n) is 8.67. The molecule has 3 heterocycles. The highest BCUT2D eigenvalue weighted by atomic mass is 16.6. The summed E-state index contributed by atoms with van der Waals surface area (Å²) < 4.78 is 28.3. The summed E-state index contributed by atoms with van der Waals surface area (Å²) >= 11 is 0. The van der Waals surface area contributed by atoms with Crippen molar-refractivity contribution in [3.8, 4) is 28.7 Å². The van der Waals surface area contributed by atoms with Gasteiger partial charge in [-0.15, -0.1) is 0 Å². The lowest BCUT2D eigenvalue weighted by Gasteiger charge is -2.46. The van der Waals surface area contributed by atoms with E-state index < -0.39 is 35.3 Å². The molecule has 0 saturated carbocycles. The molecule has 3 N–H and O–H groups in total. The van der Waals surface area contributed by atoms with Crippen molar-refractivity contribution in [2.45, 2.75) is 43.4 Å². The molecule has 0 unspecified atom stereocenters. The van der Waals surface area contributed by atoms with Crippen LogP contribution in [0.1, 0.15) is 41.4 Å². The molecule has 32 heavy (non-hydrogen) atoms. The SMILES string of the molecule is COc1cc2c(cc1OC)[C@]1(O)C(=O)c3ccc4c(c3O[C@@H]1CO2)[C@@H](O)[C@H](O)C(C)(C)O4. The maximum absolute atomic E-state index is 13.6. The van der Waals surface area contributed by atoms with Gasteiger partial charge in [-0.05, 0) is 32.0 Å². The Morgan fingerprint density at radius 3 is 2.44 bits per heavy atom. The lowest BCUT2D eigenvalue weighted by atomic mass is 9.76.